The average Bonchev–Trinajstić information content (AvgIpc) is 2.66. The smallest absolute Gasteiger partial charge is 0.164 e. The molecule has 160 valence electrons. The molecule has 2 aromatic carbocycles. The van der Waals surface area contributed by atoms with Crippen LogP contribution in [0.3, 0.4) is 0 Å². The van der Waals surface area contributed by atoms with Crippen molar-refractivity contribution >= 4 is 0 Å². The van der Waals surface area contributed by atoms with E-state index in [1.54, 1.807) is 20.8 Å². The van der Waals surface area contributed by atoms with Crippen LogP contribution in [-0.2, 0) is 0 Å². The standard InChI is InChI=1S/C22H30O7/c1-6-14(23)19-12(5)15(24)8-13(21(19)27)16(25)9-29-17-7-11(4)20(26)18(10(2)3)22(17)28/h7-8,10,14,16,23-28H,6,9H2,1-5H3. The van der Waals surface area contributed by atoms with Gasteiger partial charge in [0.25, 0.3) is 0 Å². The fraction of sp³-hybridized carbons (Fsp3) is 0.455. The van der Waals surface area contributed by atoms with Crippen LogP contribution in [0.15, 0.2) is 12.1 Å². The largest absolute Gasteiger partial charge is 0.508 e. The molecule has 2 unspecified atom stereocenters. The SMILES string of the molecule is CCC(O)c1c(C)c(O)cc(C(O)COc2cc(C)c(O)c(C(C)C)c2O)c1O. The first kappa shape index (κ1) is 22.6. The van der Waals surface area contributed by atoms with E-state index in [1.807, 2.05) is 13.8 Å². The lowest BCUT2D eigenvalue weighted by Crippen LogP contribution is -2.12. The molecule has 0 spiro atoms. The van der Waals surface area contributed by atoms with E-state index in [0.717, 1.165) is 0 Å². The number of phenolic OH excluding ortho intramolecular Hbond substituents is 4. The minimum atomic E-state index is -1.33. The first-order valence-electron chi connectivity index (χ1n) is 9.60. The van der Waals surface area contributed by atoms with Gasteiger partial charge in [0.1, 0.15) is 30.0 Å². The number of aliphatic hydroxyl groups is 2. The Bertz CT molecular complexity index is 890. The number of rotatable bonds is 7. The van der Waals surface area contributed by atoms with Crippen molar-refractivity contribution < 1.29 is 35.4 Å². The van der Waals surface area contributed by atoms with Crippen LogP contribution < -0.4 is 4.74 Å². The van der Waals surface area contributed by atoms with Crippen molar-refractivity contribution in [1.82, 2.24) is 0 Å². The zero-order valence-electron chi connectivity index (χ0n) is 17.4. The summed E-state index contributed by atoms with van der Waals surface area (Å²) in [5, 5.41) is 62.0. The maximum Gasteiger partial charge on any atom is 0.164 e. The molecule has 0 aliphatic heterocycles. The van der Waals surface area contributed by atoms with E-state index < -0.39 is 12.2 Å². The predicted octanol–water partition coefficient (Wildman–Crippen LogP) is 3.81. The number of hydrogen-bond acceptors (Lipinski definition) is 7. The lowest BCUT2D eigenvalue weighted by Gasteiger charge is -2.22. The van der Waals surface area contributed by atoms with Crippen molar-refractivity contribution in [2.45, 2.75) is 59.2 Å². The number of aryl methyl sites for hydroxylation is 1. The summed E-state index contributed by atoms with van der Waals surface area (Å²) >= 11 is 0. The molecule has 0 fully saturated rings. The molecule has 29 heavy (non-hydrogen) atoms. The molecule has 2 atom stereocenters. The molecular weight excluding hydrogens is 376 g/mol. The van der Waals surface area contributed by atoms with Gasteiger partial charge in [-0.1, -0.05) is 20.8 Å². The summed E-state index contributed by atoms with van der Waals surface area (Å²) in [5.41, 5.74) is 1.36. The molecule has 0 saturated carbocycles. The highest BCUT2D eigenvalue weighted by Gasteiger charge is 2.25. The molecule has 0 aliphatic carbocycles. The maximum atomic E-state index is 10.5. The van der Waals surface area contributed by atoms with Gasteiger partial charge in [0, 0.05) is 22.3 Å². The highest BCUT2D eigenvalue weighted by molar-refractivity contribution is 5.58. The van der Waals surface area contributed by atoms with E-state index in [-0.39, 0.29) is 52.4 Å². The minimum absolute atomic E-state index is 0.00896. The van der Waals surface area contributed by atoms with Gasteiger partial charge in [-0.3, -0.25) is 0 Å². The van der Waals surface area contributed by atoms with Crippen LogP contribution in [0.2, 0.25) is 0 Å². The third-order valence-electron chi connectivity index (χ3n) is 5.13. The van der Waals surface area contributed by atoms with Crippen molar-refractivity contribution in [3.63, 3.8) is 0 Å². The van der Waals surface area contributed by atoms with Crippen molar-refractivity contribution in [3.05, 3.63) is 39.9 Å². The van der Waals surface area contributed by atoms with Gasteiger partial charge < -0.3 is 35.4 Å². The second-order valence-electron chi connectivity index (χ2n) is 7.58. The van der Waals surface area contributed by atoms with Crippen molar-refractivity contribution in [3.8, 4) is 28.7 Å². The summed E-state index contributed by atoms with van der Waals surface area (Å²) < 4.78 is 5.57. The monoisotopic (exact) mass is 406 g/mol. The molecule has 0 aromatic heterocycles. The molecular formula is C22H30O7. The lowest BCUT2D eigenvalue weighted by atomic mass is 9.94. The first-order chi connectivity index (χ1) is 13.5. The van der Waals surface area contributed by atoms with Gasteiger partial charge in [0.05, 0.1) is 6.10 Å². The number of aliphatic hydroxyl groups excluding tert-OH is 2. The normalized spacial score (nSPS) is 13.5. The fourth-order valence-electron chi connectivity index (χ4n) is 3.37. The van der Waals surface area contributed by atoms with Gasteiger partial charge in [0.2, 0.25) is 0 Å². The Morgan fingerprint density at radius 3 is 2.03 bits per heavy atom. The summed E-state index contributed by atoms with van der Waals surface area (Å²) in [7, 11) is 0. The summed E-state index contributed by atoms with van der Waals surface area (Å²) in [5.74, 6) is -0.756. The van der Waals surface area contributed by atoms with Gasteiger partial charge in [-0.25, -0.2) is 0 Å². The average molecular weight is 406 g/mol. The third kappa shape index (κ3) is 4.36. The van der Waals surface area contributed by atoms with Crippen LogP contribution >= 0.6 is 0 Å². The zero-order chi connectivity index (χ0) is 22.0. The van der Waals surface area contributed by atoms with Crippen molar-refractivity contribution in [2.75, 3.05) is 6.61 Å². The highest BCUT2D eigenvalue weighted by atomic mass is 16.5. The van der Waals surface area contributed by atoms with E-state index in [9.17, 15) is 30.6 Å². The molecule has 0 bridgehead atoms. The second kappa shape index (κ2) is 8.80. The van der Waals surface area contributed by atoms with E-state index in [4.69, 9.17) is 4.74 Å². The van der Waals surface area contributed by atoms with Gasteiger partial charge in [-0.2, -0.15) is 0 Å². The number of aromatic hydroxyl groups is 4. The Morgan fingerprint density at radius 1 is 0.862 bits per heavy atom. The van der Waals surface area contributed by atoms with Crippen LogP contribution in [0.25, 0.3) is 0 Å². The van der Waals surface area contributed by atoms with Gasteiger partial charge in [-0.05, 0) is 43.9 Å². The van der Waals surface area contributed by atoms with E-state index in [0.29, 0.717) is 23.1 Å². The van der Waals surface area contributed by atoms with Crippen LogP contribution in [0.5, 0.6) is 28.7 Å². The molecule has 7 nitrogen and oxygen atoms in total. The summed E-state index contributed by atoms with van der Waals surface area (Å²) in [6.07, 6.45) is -2.01. The Morgan fingerprint density at radius 2 is 1.48 bits per heavy atom. The zero-order valence-corrected chi connectivity index (χ0v) is 17.4. The Labute approximate surface area is 170 Å². The molecule has 2 rings (SSSR count). The Kier molecular flexibility index (Phi) is 6.87. The number of hydrogen-bond donors (Lipinski definition) is 6. The molecule has 0 saturated heterocycles. The quantitative estimate of drug-likeness (QED) is 0.386. The summed E-state index contributed by atoms with van der Waals surface area (Å²) in [6, 6.07) is 2.69. The summed E-state index contributed by atoms with van der Waals surface area (Å²) in [4.78, 5) is 0. The number of phenols is 4. The van der Waals surface area contributed by atoms with Crippen LogP contribution in [0.4, 0.5) is 0 Å². The topological polar surface area (TPSA) is 131 Å². The van der Waals surface area contributed by atoms with Crippen molar-refractivity contribution in [1.29, 1.82) is 0 Å². The molecule has 7 heteroatoms. The van der Waals surface area contributed by atoms with Crippen LogP contribution in [0, 0.1) is 13.8 Å². The van der Waals surface area contributed by atoms with E-state index in [2.05, 4.69) is 0 Å². The van der Waals surface area contributed by atoms with Crippen LogP contribution in [-0.4, -0.2) is 37.2 Å². The lowest BCUT2D eigenvalue weighted by molar-refractivity contribution is 0.102. The first-order valence-corrected chi connectivity index (χ1v) is 9.60. The van der Waals surface area contributed by atoms with Crippen LogP contribution in [0.1, 0.15) is 73.1 Å². The molecule has 0 heterocycles. The fourth-order valence-corrected chi connectivity index (χ4v) is 3.37. The van der Waals surface area contributed by atoms with E-state index in [1.165, 1.54) is 12.1 Å². The molecule has 0 radical (unpaired) electrons. The predicted molar refractivity (Wildman–Crippen MR) is 109 cm³/mol. The Hall–Kier alpha value is -2.64. The second-order valence-corrected chi connectivity index (χ2v) is 7.58. The molecule has 0 amide bonds. The molecule has 2 aromatic rings. The minimum Gasteiger partial charge on any atom is -0.508 e. The number of ether oxygens (including phenoxy) is 1. The molecule has 6 N–H and O–H groups in total. The van der Waals surface area contributed by atoms with E-state index >= 15 is 0 Å². The Balaban J connectivity index is 2.36. The van der Waals surface area contributed by atoms with Gasteiger partial charge in [-0.15, -0.1) is 0 Å². The van der Waals surface area contributed by atoms with Gasteiger partial charge >= 0.3 is 0 Å². The highest BCUT2D eigenvalue weighted by Crippen LogP contribution is 2.44. The molecule has 0 aliphatic rings. The number of benzene rings is 2. The summed E-state index contributed by atoms with van der Waals surface area (Å²) in [6.45, 7) is 8.29. The third-order valence-corrected chi connectivity index (χ3v) is 5.13. The van der Waals surface area contributed by atoms with Gasteiger partial charge in [0.15, 0.2) is 11.5 Å². The maximum absolute atomic E-state index is 10.5. The van der Waals surface area contributed by atoms with Crippen molar-refractivity contribution in [2.24, 2.45) is 0 Å².